The summed E-state index contributed by atoms with van der Waals surface area (Å²) in [5.41, 5.74) is 12.3. The van der Waals surface area contributed by atoms with Gasteiger partial charge in [-0.2, -0.15) is 0 Å². The first-order valence-electron chi connectivity index (χ1n) is 11.9. The zero-order valence-corrected chi connectivity index (χ0v) is 20.4. The Kier molecular flexibility index (Phi) is 4.12. The number of fused-ring (bicyclic) bond motifs is 6. The maximum atomic E-state index is 2.70. The molecule has 0 N–H and O–H groups in total. The molecule has 5 atom stereocenters. The molecule has 31 heavy (non-hydrogen) atoms. The van der Waals surface area contributed by atoms with Crippen LogP contribution in [0.3, 0.4) is 0 Å². The van der Waals surface area contributed by atoms with Crippen LogP contribution in [0, 0.1) is 6.92 Å². The van der Waals surface area contributed by atoms with Crippen LogP contribution in [-0.2, 0) is 0 Å². The first-order chi connectivity index (χ1) is 14.9. The highest BCUT2D eigenvalue weighted by atomic mass is 28.3. The predicted octanol–water partition coefficient (Wildman–Crippen LogP) is 7.44. The first-order valence-corrected chi connectivity index (χ1v) is 15.1. The zero-order valence-electron chi connectivity index (χ0n) is 19.4. The molecule has 3 aliphatic rings. The van der Waals surface area contributed by atoms with Crippen molar-refractivity contribution < 1.29 is 0 Å². The van der Waals surface area contributed by atoms with E-state index in [1.54, 1.807) is 27.8 Å². The number of rotatable bonds is 2. The maximum absolute atomic E-state index is 2.70. The molecule has 1 heterocycles. The Labute approximate surface area is 188 Å². The number of anilines is 1. The van der Waals surface area contributed by atoms with Crippen molar-refractivity contribution in [1.29, 1.82) is 0 Å². The van der Waals surface area contributed by atoms with E-state index in [4.69, 9.17) is 0 Å². The number of nitrogens with zero attached hydrogens (tertiary/aromatic N) is 1. The van der Waals surface area contributed by atoms with Gasteiger partial charge in [0.2, 0.25) is 0 Å². The summed E-state index contributed by atoms with van der Waals surface area (Å²) in [6.45, 7) is 10.1. The molecule has 0 bridgehead atoms. The molecule has 6 rings (SSSR count). The lowest BCUT2D eigenvalue weighted by molar-refractivity contribution is 0.585. The van der Waals surface area contributed by atoms with Gasteiger partial charge in [-0.05, 0) is 64.2 Å². The number of hydrogen-bond acceptors (Lipinski definition) is 1. The Hall–Kier alpha value is -2.32. The van der Waals surface area contributed by atoms with Crippen LogP contribution in [-0.4, -0.2) is 15.1 Å². The zero-order chi connectivity index (χ0) is 21.5. The molecular formula is C29H33NSi. The Balaban J connectivity index is 1.54. The van der Waals surface area contributed by atoms with Crippen molar-refractivity contribution in [3.63, 3.8) is 0 Å². The van der Waals surface area contributed by atoms with Gasteiger partial charge in [0.1, 0.15) is 0 Å². The minimum atomic E-state index is -1.71. The summed E-state index contributed by atoms with van der Waals surface area (Å²) in [5.74, 6) is 1.27. The van der Waals surface area contributed by atoms with Gasteiger partial charge in [-0.1, -0.05) is 86.2 Å². The second kappa shape index (κ2) is 6.59. The van der Waals surface area contributed by atoms with Crippen molar-refractivity contribution in [1.82, 2.24) is 0 Å². The normalized spacial score (nSPS) is 28.3. The van der Waals surface area contributed by atoms with Gasteiger partial charge in [0.05, 0.1) is 14.1 Å². The molecular weight excluding hydrogens is 390 g/mol. The number of likely N-dealkylation sites (N-methyl/N-ethyl adjacent to an activating group) is 1. The van der Waals surface area contributed by atoms with E-state index < -0.39 is 8.07 Å². The first kappa shape index (κ1) is 19.4. The van der Waals surface area contributed by atoms with Crippen LogP contribution in [0.5, 0.6) is 0 Å². The minimum Gasteiger partial charge on any atom is -0.367 e. The molecule has 158 valence electrons. The third-order valence-electron chi connectivity index (χ3n) is 8.88. The lowest BCUT2D eigenvalue weighted by Gasteiger charge is -2.40. The van der Waals surface area contributed by atoms with Gasteiger partial charge < -0.3 is 4.90 Å². The average molecular weight is 424 g/mol. The summed E-state index contributed by atoms with van der Waals surface area (Å²) in [6.07, 6.45) is 1.32. The van der Waals surface area contributed by atoms with Gasteiger partial charge in [0.15, 0.2) is 0 Å². The summed E-state index contributed by atoms with van der Waals surface area (Å²) in [6, 6.07) is 26.4. The third kappa shape index (κ3) is 2.54. The van der Waals surface area contributed by atoms with Gasteiger partial charge in [-0.25, -0.2) is 0 Å². The van der Waals surface area contributed by atoms with Crippen LogP contribution >= 0.6 is 0 Å². The Bertz CT molecular complexity index is 1180. The summed E-state index contributed by atoms with van der Waals surface area (Å²) in [4.78, 5) is 2.58. The second-order valence-electron chi connectivity index (χ2n) is 10.9. The summed E-state index contributed by atoms with van der Waals surface area (Å²) < 4.78 is 0. The van der Waals surface area contributed by atoms with Crippen molar-refractivity contribution in [3.8, 4) is 0 Å². The summed E-state index contributed by atoms with van der Waals surface area (Å²) >= 11 is 0. The number of benzene rings is 3. The highest BCUT2D eigenvalue weighted by Crippen LogP contribution is 2.65. The van der Waals surface area contributed by atoms with E-state index in [1.807, 2.05) is 0 Å². The van der Waals surface area contributed by atoms with Crippen LogP contribution in [0.4, 0.5) is 5.69 Å². The van der Waals surface area contributed by atoms with E-state index in [1.165, 1.54) is 17.7 Å². The Morgan fingerprint density at radius 3 is 2.19 bits per heavy atom. The fourth-order valence-electron chi connectivity index (χ4n) is 7.51. The Morgan fingerprint density at radius 1 is 0.806 bits per heavy atom. The van der Waals surface area contributed by atoms with Crippen LogP contribution in [0.2, 0.25) is 13.1 Å². The quantitative estimate of drug-likeness (QED) is 0.387. The van der Waals surface area contributed by atoms with E-state index in [0.29, 0.717) is 23.4 Å². The predicted molar refractivity (Wildman–Crippen MR) is 134 cm³/mol. The highest BCUT2D eigenvalue weighted by molar-refractivity contribution is 6.80. The lowest BCUT2D eigenvalue weighted by Crippen LogP contribution is -2.43. The maximum Gasteiger partial charge on any atom is 0.0637 e. The summed E-state index contributed by atoms with van der Waals surface area (Å²) in [7, 11) is 0.609. The van der Waals surface area contributed by atoms with Crippen LogP contribution in [0.1, 0.15) is 75.7 Å². The van der Waals surface area contributed by atoms with Gasteiger partial charge >= 0.3 is 0 Å². The van der Waals surface area contributed by atoms with Crippen molar-refractivity contribution in [2.75, 3.05) is 11.9 Å². The number of aryl methyl sites for hydroxylation is 1. The molecule has 0 saturated carbocycles. The molecule has 3 aromatic carbocycles. The lowest BCUT2D eigenvalue weighted by atomic mass is 9.94. The monoisotopic (exact) mass is 423 g/mol. The van der Waals surface area contributed by atoms with Crippen LogP contribution in [0.15, 0.2) is 66.7 Å². The van der Waals surface area contributed by atoms with Gasteiger partial charge in [-0.15, -0.1) is 0 Å². The second-order valence-corrected chi connectivity index (χ2v) is 15.9. The van der Waals surface area contributed by atoms with Gasteiger partial charge in [0.25, 0.3) is 0 Å². The molecule has 2 heteroatoms. The SMILES string of the molecule is Cc1ccc2c(c1)C1C(c3ccccc3C1[Si](C)(C)C1CC(C)c3ccccc31)N2C. The van der Waals surface area contributed by atoms with Crippen LogP contribution in [0.25, 0.3) is 0 Å². The molecule has 1 aliphatic heterocycles. The van der Waals surface area contributed by atoms with Crippen molar-refractivity contribution >= 4 is 13.8 Å². The smallest absolute Gasteiger partial charge is 0.0637 e. The van der Waals surface area contributed by atoms with E-state index in [2.05, 4.69) is 106 Å². The van der Waals surface area contributed by atoms with E-state index >= 15 is 0 Å². The average Bonchev–Trinajstić information content (AvgIpc) is 3.38. The van der Waals surface area contributed by atoms with E-state index in [-0.39, 0.29) is 0 Å². The molecule has 0 spiro atoms. The third-order valence-corrected chi connectivity index (χ3v) is 13.5. The largest absolute Gasteiger partial charge is 0.367 e. The molecule has 0 saturated heterocycles. The Morgan fingerprint density at radius 2 is 1.45 bits per heavy atom. The molecule has 1 nitrogen and oxygen atoms in total. The van der Waals surface area contributed by atoms with E-state index in [9.17, 15) is 0 Å². The topological polar surface area (TPSA) is 3.24 Å². The van der Waals surface area contributed by atoms with Crippen molar-refractivity contribution in [3.05, 3.63) is 100 Å². The fourth-order valence-corrected chi connectivity index (χ4v) is 12.3. The van der Waals surface area contributed by atoms with Gasteiger partial charge in [-0.3, -0.25) is 0 Å². The highest BCUT2D eigenvalue weighted by Gasteiger charge is 2.57. The molecule has 2 aliphatic carbocycles. The van der Waals surface area contributed by atoms with E-state index in [0.717, 1.165) is 5.54 Å². The molecule has 0 fully saturated rings. The number of hydrogen-bond donors (Lipinski definition) is 0. The molecule has 0 amide bonds. The minimum absolute atomic E-state index is 0.485. The molecule has 0 radical (unpaired) electrons. The van der Waals surface area contributed by atoms with Gasteiger partial charge in [0, 0.05) is 18.7 Å². The van der Waals surface area contributed by atoms with Crippen molar-refractivity contribution in [2.45, 2.75) is 62.3 Å². The van der Waals surface area contributed by atoms with Crippen LogP contribution < -0.4 is 4.90 Å². The fraction of sp³-hybridized carbons (Fsp3) is 0.379. The summed E-state index contributed by atoms with van der Waals surface area (Å²) in [5, 5.41) is 0. The molecule has 5 unspecified atom stereocenters. The standard InChI is InChI=1S/C29H33NSi/c1-18-14-15-25-24(16-18)27-28(30(25)3)22-12-8-9-13-23(22)29(27)31(4,5)26-17-19(2)20-10-6-7-11-21(20)26/h6-16,19,26-29H,17H2,1-5H3. The molecule has 0 aromatic heterocycles. The van der Waals surface area contributed by atoms with Crippen molar-refractivity contribution in [2.24, 2.45) is 0 Å². The molecule has 3 aromatic rings.